The molecule has 0 bridgehead atoms. The summed E-state index contributed by atoms with van der Waals surface area (Å²) in [6, 6.07) is 1.27. The average Bonchev–Trinajstić information content (AvgIpc) is 2.08. The molecule has 0 N–H and O–H groups in total. The number of hydrogen-bond donors (Lipinski definition) is 0. The zero-order chi connectivity index (χ0) is 9.30. The van der Waals surface area contributed by atoms with Gasteiger partial charge in [-0.05, 0) is 44.6 Å². The molecular formula is C7H2BrF2IO. The van der Waals surface area contributed by atoms with Gasteiger partial charge in [0.15, 0.2) is 17.9 Å². The van der Waals surface area contributed by atoms with Crippen LogP contribution >= 0.6 is 38.5 Å². The number of benzene rings is 1. The van der Waals surface area contributed by atoms with E-state index in [9.17, 15) is 13.6 Å². The fourth-order valence-electron chi connectivity index (χ4n) is 0.677. The van der Waals surface area contributed by atoms with Gasteiger partial charge in [0, 0.05) is 3.57 Å². The van der Waals surface area contributed by atoms with Gasteiger partial charge in [-0.15, -0.1) is 0 Å². The summed E-state index contributed by atoms with van der Waals surface area (Å²) < 4.78 is 26.2. The predicted octanol–water partition coefficient (Wildman–Crippen LogP) is 3.14. The Balaban J connectivity index is 3.49. The van der Waals surface area contributed by atoms with Crippen LogP contribution < -0.4 is 0 Å². The van der Waals surface area contributed by atoms with Gasteiger partial charge in [0.2, 0.25) is 0 Å². The maximum Gasteiger partial charge on any atom is 0.174 e. The van der Waals surface area contributed by atoms with E-state index in [2.05, 4.69) is 15.9 Å². The molecule has 0 atom stereocenters. The second kappa shape index (κ2) is 3.78. The molecule has 64 valence electrons. The molecule has 5 heteroatoms. The van der Waals surface area contributed by atoms with Gasteiger partial charge in [-0.1, -0.05) is 0 Å². The molecule has 0 radical (unpaired) electrons. The highest BCUT2D eigenvalue weighted by Gasteiger charge is 2.14. The quantitative estimate of drug-likeness (QED) is 0.330. The van der Waals surface area contributed by atoms with Gasteiger partial charge >= 0.3 is 0 Å². The highest BCUT2D eigenvalue weighted by Crippen LogP contribution is 2.26. The topological polar surface area (TPSA) is 17.1 Å². The normalized spacial score (nSPS) is 10.0. The van der Waals surface area contributed by atoms with Crippen LogP contribution in [0.25, 0.3) is 0 Å². The molecule has 0 heterocycles. The van der Waals surface area contributed by atoms with E-state index in [-0.39, 0.29) is 16.3 Å². The molecule has 1 rings (SSSR count). The molecule has 0 unspecified atom stereocenters. The maximum absolute atomic E-state index is 12.9. The number of carbonyl (C=O) groups excluding carboxylic acids is 1. The number of carbonyl (C=O) groups is 1. The summed E-state index contributed by atoms with van der Waals surface area (Å²) in [6.07, 6.45) is 0.285. The van der Waals surface area contributed by atoms with Crippen molar-refractivity contribution in [2.75, 3.05) is 0 Å². The lowest BCUT2D eigenvalue weighted by Crippen LogP contribution is -1.96. The van der Waals surface area contributed by atoms with E-state index in [1.165, 1.54) is 6.07 Å². The lowest BCUT2D eigenvalue weighted by atomic mass is 10.2. The Bertz CT molecular complexity index is 341. The highest BCUT2D eigenvalue weighted by atomic mass is 127. The van der Waals surface area contributed by atoms with Crippen LogP contribution in [0.5, 0.6) is 0 Å². The highest BCUT2D eigenvalue weighted by molar-refractivity contribution is 14.1. The molecule has 0 aromatic heterocycles. The van der Waals surface area contributed by atoms with Gasteiger partial charge in [-0.3, -0.25) is 4.79 Å². The van der Waals surface area contributed by atoms with Crippen LogP contribution in [0.15, 0.2) is 10.5 Å². The molecule has 0 amide bonds. The third-order valence-corrected chi connectivity index (χ3v) is 3.63. The number of rotatable bonds is 1. The fraction of sp³-hybridized carbons (Fsp3) is 0. The van der Waals surface area contributed by atoms with E-state index in [0.29, 0.717) is 3.57 Å². The Labute approximate surface area is 89.4 Å². The number of halogens is 4. The Morgan fingerprint density at radius 1 is 1.42 bits per heavy atom. The van der Waals surface area contributed by atoms with Crippen LogP contribution in [0.4, 0.5) is 8.78 Å². The van der Waals surface area contributed by atoms with Crippen molar-refractivity contribution in [1.29, 1.82) is 0 Å². The monoisotopic (exact) mass is 346 g/mol. The first kappa shape index (κ1) is 10.0. The average molecular weight is 347 g/mol. The molecule has 0 spiro atoms. The van der Waals surface area contributed by atoms with Gasteiger partial charge in [-0.2, -0.15) is 0 Å². The number of hydrogen-bond acceptors (Lipinski definition) is 1. The summed E-state index contributed by atoms with van der Waals surface area (Å²) in [5.74, 6) is -2.14. The minimum Gasteiger partial charge on any atom is -0.298 e. The summed E-state index contributed by atoms with van der Waals surface area (Å²) in [6.45, 7) is 0. The van der Waals surface area contributed by atoms with Crippen molar-refractivity contribution in [3.63, 3.8) is 0 Å². The van der Waals surface area contributed by atoms with Crippen molar-refractivity contribution in [2.24, 2.45) is 0 Å². The predicted molar refractivity (Wildman–Crippen MR) is 52.2 cm³/mol. The van der Waals surface area contributed by atoms with Crippen LogP contribution in [0, 0.1) is 15.2 Å². The van der Waals surface area contributed by atoms with E-state index in [0.717, 1.165) is 0 Å². The summed E-state index contributed by atoms with van der Waals surface area (Å²) in [7, 11) is 0. The number of aldehydes is 1. The Hall–Kier alpha value is -0.0400. The van der Waals surface area contributed by atoms with Gasteiger partial charge in [0.25, 0.3) is 0 Å². The first-order chi connectivity index (χ1) is 5.57. The molecule has 0 aliphatic rings. The minimum absolute atomic E-state index is 0.0474. The molecule has 12 heavy (non-hydrogen) atoms. The lowest BCUT2D eigenvalue weighted by Gasteiger charge is -2.01. The third kappa shape index (κ3) is 1.66. The van der Waals surface area contributed by atoms with Crippen molar-refractivity contribution in [3.05, 3.63) is 31.3 Å². The smallest absolute Gasteiger partial charge is 0.174 e. The first-order valence-electron chi connectivity index (χ1n) is 2.86. The third-order valence-electron chi connectivity index (χ3n) is 1.26. The van der Waals surface area contributed by atoms with Gasteiger partial charge in [0.05, 0.1) is 10.0 Å². The van der Waals surface area contributed by atoms with Crippen molar-refractivity contribution in [1.82, 2.24) is 0 Å². The lowest BCUT2D eigenvalue weighted by molar-refractivity contribution is 0.111. The van der Waals surface area contributed by atoms with Gasteiger partial charge < -0.3 is 0 Å². The molecule has 0 aliphatic heterocycles. The first-order valence-corrected chi connectivity index (χ1v) is 4.73. The molecule has 1 aromatic rings. The Morgan fingerprint density at radius 3 is 2.50 bits per heavy atom. The van der Waals surface area contributed by atoms with Crippen LogP contribution in [0.2, 0.25) is 0 Å². The van der Waals surface area contributed by atoms with Crippen molar-refractivity contribution in [3.8, 4) is 0 Å². The molecule has 1 aromatic carbocycles. The van der Waals surface area contributed by atoms with Crippen molar-refractivity contribution >= 4 is 44.8 Å². The Morgan fingerprint density at radius 2 is 2.00 bits per heavy atom. The zero-order valence-electron chi connectivity index (χ0n) is 5.57. The molecule has 0 saturated carbocycles. The van der Waals surface area contributed by atoms with Crippen LogP contribution in [0.1, 0.15) is 10.4 Å². The van der Waals surface area contributed by atoms with E-state index < -0.39 is 11.6 Å². The fourth-order valence-corrected chi connectivity index (χ4v) is 1.54. The van der Waals surface area contributed by atoms with Crippen molar-refractivity contribution < 1.29 is 13.6 Å². The molecule has 0 aliphatic carbocycles. The summed E-state index contributed by atoms with van der Waals surface area (Å²) in [4.78, 5) is 10.2. The minimum atomic E-state index is -1.11. The molecule has 1 nitrogen and oxygen atoms in total. The molecule has 0 fully saturated rings. The van der Waals surface area contributed by atoms with E-state index >= 15 is 0 Å². The standard InChI is InChI=1S/C7H2BrF2IO/c8-5-4(11)1-3(2-12)6(9)7(5)10/h1-2H. The zero-order valence-corrected chi connectivity index (χ0v) is 9.32. The van der Waals surface area contributed by atoms with E-state index in [1.54, 1.807) is 22.6 Å². The van der Waals surface area contributed by atoms with Crippen LogP contribution in [-0.4, -0.2) is 6.29 Å². The largest absolute Gasteiger partial charge is 0.298 e. The van der Waals surface area contributed by atoms with E-state index in [4.69, 9.17) is 0 Å². The van der Waals surface area contributed by atoms with E-state index in [1.807, 2.05) is 0 Å². The second-order valence-corrected chi connectivity index (χ2v) is 3.96. The SMILES string of the molecule is O=Cc1cc(I)c(Br)c(F)c1F. The summed E-state index contributed by atoms with van der Waals surface area (Å²) in [5, 5.41) is 0. The summed E-state index contributed by atoms with van der Waals surface area (Å²) in [5.41, 5.74) is -0.264. The Kier molecular flexibility index (Phi) is 3.16. The van der Waals surface area contributed by atoms with Gasteiger partial charge in [-0.25, -0.2) is 8.78 Å². The molecular weight excluding hydrogens is 345 g/mol. The van der Waals surface area contributed by atoms with Crippen molar-refractivity contribution in [2.45, 2.75) is 0 Å². The maximum atomic E-state index is 12.9. The molecule has 0 saturated heterocycles. The van der Waals surface area contributed by atoms with Gasteiger partial charge in [0.1, 0.15) is 0 Å². The second-order valence-electron chi connectivity index (χ2n) is 2.01. The van der Waals surface area contributed by atoms with Crippen LogP contribution in [-0.2, 0) is 0 Å². The van der Waals surface area contributed by atoms with Crippen LogP contribution in [0.3, 0.4) is 0 Å². The summed E-state index contributed by atoms with van der Waals surface area (Å²) >= 11 is 4.66.